The van der Waals surface area contributed by atoms with Crippen LogP contribution < -0.4 is 10.1 Å². The van der Waals surface area contributed by atoms with Crippen molar-refractivity contribution in [3.8, 4) is 5.75 Å². The van der Waals surface area contributed by atoms with Crippen LogP contribution in [-0.2, 0) is 13.2 Å². The smallest absolute Gasteiger partial charge is 0.122 e. The molecule has 2 heteroatoms. The molecular weight excluding hydrogens is 234 g/mol. The standard InChI is InChI=1S/C17H21NO/c1-13-7-8-14(2)17(9-13)19-12-16-6-4-5-15(10-16)11-18-3/h4-10,18H,11-12H2,1-3H3. The van der Waals surface area contributed by atoms with E-state index in [1.165, 1.54) is 22.3 Å². The summed E-state index contributed by atoms with van der Waals surface area (Å²) in [6.07, 6.45) is 0. The Morgan fingerprint density at radius 2 is 1.79 bits per heavy atom. The second-order valence-electron chi connectivity index (χ2n) is 4.91. The summed E-state index contributed by atoms with van der Waals surface area (Å²) in [6.45, 7) is 5.66. The molecule has 0 aliphatic rings. The minimum Gasteiger partial charge on any atom is -0.489 e. The van der Waals surface area contributed by atoms with Crippen molar-refractivity contribution in [2.45, 2.75) is 27.0 Å². The lowest BCUT2D eigenvalue weighted by atomic mass is 10.1. The van der Waals surface area contributed by atoms with E-state index in [9.17, 15) is 0 Å². The number of nitrogens with one attached hydrogen (secondary N) is 1. The number of ether oxygens (including phenoxy) is 1. The lowest BCUT2D eigenvalue weighted by Crippen LogP contribution is -2.05. The molecule has 0 fully saturated rings. The van der Waals surface area contributed by atoms with Crippen LogP contribution >= 0.6 is 0 Å². The number of aryl methyl sites for hydroxylation is 2. The molecule has 0 bridgehead atoms. The van der Waals surface area contributed by atoms with Gasteiger partial charge in [0.25, 0.3) is 0 Å². The van der Waals surface area contributed by atoms with Crippen LogP contribution in [0.15, 0.2) is 42.5 Å². The maximum Gasteiger partial charge on any atom is 0.122 e. The fourth-order valence-corrected chi connectivity index (χ4v) is 2.06. The predicted octanol–water partition coefficient (Wildman–Crippen LogP) is 3.60. The summed E-state index contributed by atoms with van der Waals surface area (Å²) in [5.41, 5.74) is 4.89. The van der Waals surface area contributed by atoms with Crippen LogP contribution in [-0.4, -0.2) is 7.05 Å². The first kappa shape index (κ1) is 13.6. The zero-order chi connectivity index (χ0) is 13.7. The fraction of sp³-hybridized carbons (Fsp3) is 0.294. The van der Waals surface area contributed by atoms with E-state index < -0.39 is 0 Å². The monoisotopic (exact) mass is 255 g/mol. The fourth-order valence-electron chi connectivity index (χ4n) is 2.06. The Labute approximate surface area is 115 Å². The molecule has 2 nitrogen and oxygen atoms in total. The summed E-state index contributed by atoms with van der Waals surface area (Å²) < 4.78 is 5.92. The van der Waals surface area contributed by atoms with Gasteiger partial charge in [0.1, 0.15) is 12.4 Å². The molecule has 1 N–H and O–H groups in total. The number of rotatable bonds is 5. The van der Waals surface area contributed by atoms with E-state index in [4.69, 9.17) is 4.74 Å². The Bertz CT molecular complexity index is 549. The van der Waals surface area contributed by atoms with Crippen LogP contribution in [0.2, 0.25) is 0 Å². The largest absolute Gasteiger partial charge is 0.489 e. The SMILES string of the molecule is CNCc1cccc(COc2cc(C)ccc2C)c1. The molecule has 100 valence electrons. The van der Waals surface area contributed by atoms with Gasteiger partial charge in [-0.3, -0.25) is 0 Å². The molecule has 0 radical (unpaired) electrons. The molecule has 0 aliphatic heterocycles. The lowest BCUT2D eigenvalue weighted by molar-refractivity contribution is 0.304. The highest BCUT2D eigenvalue weighted by molar-refractivity contribution is 5.36. The Morgan fingerprint density at radius 3 is 2.58 bits per heavy atom. The second-order valence-corrected chi connectivity index (χ2v) is 4.91. The summed E-state index contributed by atoms with van der Waals surface area (Å²) in [5.74, 6) is 0.971. The van der Waals surface area contributed by atoms with E-state index in [1.54, 1.807) is 0 Å². The number of hydrogen-bond acceptors (Lipinski definition) is 2. The van der Waals surface area contributed by atoms with Gasteiger partial charge in [-0.1, -0.05) is 36.4 Å². The van der Waals surface area contributed by atoms with Gasteiger partial charge in [-0.2, -0.15) is 0 Å². The zero-order valence-corrected chi connectivity index (χ0v) is 11.9. The molecule has 0 saturated carbocycles. The Morgan fingerprint density at radius 1 is 1.00 bits per heavy atom. The van der Waals surface area contributed by atoms with Crippen LogP contribution in [0.5, 0.6) is 5.75 Å². The van der Waals surface area contributed by atoms with Gasteiger partial charge < -0.3 is 10.1 Å². The average Bonchev–Trinajstić information content (AvgIpc) is 2.41. The second kappa shape index (κ2) is 6.39. The van der Waals surface area contributed by atoms with Crippen LogP contribution in [0.4, 0.5) is 0 Å². The van der Waals surface area contributed by atoms with Crippen molar-refractivity contribution in [1.29, 1.82) is 0 Å². The van der Waals surface area contributed by atoms with Crippen molar-refractivity contribution in [3.05, 3.63) is 64.7 Å². The number of hydrogen-bond donors (Lipinski definition) is 1. The summed E-state index contributed by atoms with van der Waals surface area (Å²) in [7, 11) is 1.96. The average molecular weight is 255 g/mol. The van der Waals surface area contributed by atoms with Crippen molar-refractivity contribution in [1.82, 2.24) is 5.32 Å². The van der Waals surface area contributed by atoms with E-state index >= 15 is 0 Å². The molecule has 0 heterocycles. The van der Waals surface area contributed by atoms with Crippen molar-refractivity contribution in [2.24, 2.45) is 0 Å². The van der Waals surface area contributed by atoms with E-state index in [1.807, 2.05) is 7.05 Å². The summed E-state index contributed by atoms with van der Waals surface area (Å²) in [4.78, 5) is 0. The first-order valence-corrected chi connectivity index (χ1v) is 6.61. The summed E-state index contributed by atoms with van der Waals surface area (Å²) in [5, 5.41) is 3.16. The van der Waals surface area contributed by atoms with Crippen molar-refractivity contribution >= 4 is 0 Å². The van der Waals surface area contributed by atoms with Gasteiger partial charge in [-0.25, -0.2) is 0 Å². The van der Waals surface area contributed by atoms with Crippen LogP contribution in [0.25, 0.3) is 0 Å². The molecule has 2 rings (SSSR count). The van der Waals surface area contributed by atoms with Gasteiger partial charge >= 0.3 is 0 Å². The van der Waals surface area contributed by atoms with E-state index in [-0.39, 0.29) is 0 Å². The highest BCUT2D eigenvalue weighted by Crippen LogP contribution is 2.20. The predicted molar refractivity (Wildman–Crippen MR) is 79.5 cm³/mol. The molecule has 0 saturated heterocycles. The third kappa shape index (κ3) is 3.83. The van der Waals surface area contributed by atoms with Gasteiger partial charge in [-0.05, 0) is 49.2 Å². The molecule has 0 aromatic heterocycles. The van der Waals surface area contributed by atoms with Crippen molar-refractivity contribution in [2.75, 3.05) is 7.05 Å². The van der Waals surface area contributed by atoms with E-state index in [2.05, 4.69) is 61.6 Å². The van der Waals surface area contributed by atoms with Gasteiger partial charge in [0.15, 0.2) is 0 Å². The molecule has 19 heavy (non-hydrogen) atoms. The first-order chi connectivity index (χ1) is 9.19. The first-order valence-electron chi connectivity index (χ1n) is 6.61. The molecular formula is C17H21NO. The lowest BCUT2D eigenvalue weighted by Gasteiger charge is -2.11. The van der Waals surface area contributed by atoms with Crippen LogP contribution in [0.3, 0.4) is 0 Å². The highest BCUT2D eigenvalue weighted by Gasteiger charge is 2.01. The van der Waals surface area contributed by atoms with Crippen molar-refractivity contribution in [3.63, 3.8) is 0 Å². The van der Waals surface area contributed by atoms with Crippen molar-refractivity contribution < 1.29 is 4.74 Å². The highest BCUT2D eigenvalue weighted by atomic mass is 16.5. The van der Waals surface area contributed by atoms with Crippen LogP contribution in [0.1, 0.15) is 22.3 Å². The third-order valence-corrected chi connectivity index (χ3v) is 3.11. The molecule has 0 unspecified atom stereocenters. The zero-order valence-electron chi connectivity index (χ0n) is 11.9. The van der Waals surface area contributed by atoms with E-state index in [0.29, 0.717) is 6.61 Å². The molecule has 0 atom stereocenters. The third-order valence-electron chi connectivity index (χ3n) is 3.11. The van der Waals surface area contributed by atoms with Gasteiger partial charge in [0.2, 0.25) is 0 Å². The Hall–Kier alpha value is -1.80. The molecule has 0 spiro atoms. The van der Waals surface area contributed by atoms with Crippen LogP contribution in [0, 0.1) is 13.8 Å². The molecule has 0 aliphatic carbocycles. The normalized spacial score (nSPS) is 10.5. The van der Waals surface area contributed by atoms with E-state index in [0.717, 1.165) is 12.3 Å². The maximum atomic E-state index is 5.92. The quantitative estimate of drug-likeness (QED) is 0.881. The molecule has 0 amide bonds. The summed E-state index contributed by atoms with van der Waals surface area (Å²) >= 11 is 0. The topological polar surface area (TPSA) is 21.3 Å². The molecule has 2 aromatic rings. The Balaban J connectivity index is 2.05. The van der Waals surface area contributed by atoms with Gasteiger partial charge in [0.05, 0.1) is 0 Å². The Kier molecular flexibility index (Phi) is 4.58. The summed E-state index contributed by atoms with van der Waals surface area (Å²) in [6, 6.07) is 14.8. The maximum absolute atomic E-state index is 5.92. The van der Waals surface area contributed by atoms with Gasteiger partial charge in [-0.15, -0.1) is 0 Å². The van der Waals surface area contributed by atoms with Gasteiger partial charge in [0, 0.05) is 6.54 Å². The molecule has 2 aromatic carbocycles. The minimum absolute atomic E-state index is 0.613. The number of benzene rings is 2. The minimum atomic E-state index is 0.613.